The van der Waals surface area contributed by atoms with E-state index in [9.17, 15) is 10.1 Å². The van der Waals surface area contributed by atoms with Gasteiger partial charge in [0.1, 0.15) is 18.5 Å². The van der Waals surface area contributed by atoms with Gasteiger partial charge in [0.2, 0.25) is 0 Å². The Morgan fingerprint density at radius 2 is 2.12 bits per heavy atom. The number of ether oxygens (including phenoxy) is 1. The molecule has 0 amide bonds. The smallest absolute Gasteiger partial charge is 0.317 e. The van der Waals surface area contributed by atoms with Crippen molar-refractivity contribution in [2.24, 2.45) is 5.73 Å². The molecule has 2 rings (SSSR count). The van der Waals surface area contributed by atoms with Crippen molar-refractivity contribution in [3.8, 4) is 6.01 Å². The van der Waals surface area contributed by atoms with Crippen LogP contribution in [0, 0.1) is 10.1 Å². The van der Waals surface area contributed by atoms with Gasteiger partial charge >= 0.3 is 11.7 Å². The van der Waals surface area contributed by atoms with E-state index in [4.69, 9.17) is 10.5 Å². The first-order valence-corrected chi connectivity index (χ1v) is 5.04. The molecule has 1 aromatic heterocycles. The van der Waals surface area contributed by atoms with Crippen LogP contribution in [0.2, 0.25) is 0 Å². The van der Waals surface area contributed by atoms with E-state index < -0.39 is 4.92 Å². The number of nitro groups is 1. The summed E-state index contributed by atoms with van der Waals surface area (Å²) in [5, 5.41) is 10.4. The lowest BCUT2D eigenvalue weighted by Crippen LogP contribution is -2.19. The zero-order valence-electron chi connectivity index (χ0n) is 8.57. The van der Waals surface area contributed by atoms with Crippen LogP contribution in [0.5, 0.6) is 6.01 Å². The Kier molecular flexibility index (Phi) is 2.95. The summed E-state index contributed by atoms with van der Waals surface area (Å²) in [6.07, 6.45) is 4.88. The Hall–Kier alpha value is -1.76. The van der Waals surface area contributed by atoms with Crippen LogP contribution < -0.4 is 10.5 Å². The molecule has 7 nitrogen and oxygen atoms in total. The average molecular weight is 224 g/mol. The summed E-state index contributed by atoms with van der Waals surface area (Å²) in [7, 11) is 0. The van der Waals surface area contributed by atoms with E-state index in [0.29, 0.717) is 0 Å². The van der Waals surface area contributed by atoms with Gasteiger partial charge < -0.3 is 10.5 Å². The van der Waals surface area contributed by atoms with Gasteiger partial charge in [-0.15, -0.1) is 0 Å². The highest BCUT2D eigenvalue weighted by Crippen LogP contribution is 2.21. The molecular formula is C9H12N4O3. The quantitative estimate of drug-likeness (QED) is 0.596. The van der Waals surface area contributed by atoms with Crippen LogP contribution in [0.3, 0.4) is 0 Å². The number of hydrogen-bond acceptors (Lipinski definition) is 6. The first-order valence-electron chi connectivity index (χ1n) is 5.04. The number of nitrogens with zero attached hydrogens (tertiary/aromatic N) is 3. The van der Waals surface area contributed by atoms with Crippen LogP contribution >= 0.6 is 0 Å². The van der Waals surface area contributed by atoms with Crippen LogP contribution in [0.25, 0.3) is 0 Å². The van der Waals surface area contributed by atoms with Gasteiger partial charge in [0, 0.05) is 6.04 Å². The van der Waals surface area contributed by atoms with Crippen LogP contribution in [0.1, 0.15) is 19.3 Å². The number of rotatable bonds is 3. The van der Waals surface area contributed by atoms with E-state index in [1.54, 1.807) is 0 Å². The molecule has 1 heterocycles. The molecule has 1 fully saturated rings. The predicted molar refractivity (Wildman–Crippen MR) is 54.9 cm³/mol. The average Bonchev–Trinajstić information content (AvgIpc) is 2.65. The second-order valence-corrected chi connectivity index (χ2v) is 3.79. The zero-order valence-corrected chi connectivity index (χ0v) is 8.57. The highest BCUT2D eigenvalue weighted by atomic mass is 16.6. The molecule has 2 unspecified atom stereocenters. The molecule has 2 N–H and O–H groups in total. The predicted octanol–water partition coefficient (Wildman–Crippen LogP) is 0.643. The summed E-state index contributed by atoms with van der Waals surface area (Å²) >= 11 is 0. The van der Waals surface area contributed by atoms with Gasteiger partial charge in [-0.1, -0.05) is 0 Å². The van der Waals surface area contributed by atoms with Crippen molar-refractivity contribution in [1.82, 2.24) is 9.97 Å². The summed E-state index contributed by atoms with van der Waals surface area (Å²) in [6, 6.07) is 0.341. The van der Waals surface area contributed by atoms with E-state index in [1.165, 1.54) is 0 Å². The van der Waals surface area contributed by atoms with E-state index in [1.807, 2.05) is 0 Å². The number of hydrogen-bond donors (Lipinski definition) is 1. The molecule has 0 bridgehead atoms. The zero-order chi connectivity index (χ0) is 11.5. The van der Waals surface area contributed by atoms with Gasteiger partial charge in [-0.05, 0) is 19.3 Å². The molecule has 0 aliphatic heterocycles. The largest absolute Gasteiger partial charge is 0.460 e. The Bertz CT molecular complexity index is 381. The van der Waals surface area contributed by atoms with Crippen LogP contribution in [0.4, 0.5) is 5.69 Å². The summed E-state index contributed by atoms with van der Waals surface area (Å²) in [6.45, 7) is 0. The fraction of sp³-hybridized carbons (Fsp3) is 0.556. The second kappa shape index (κ2) is 4.40. The Morgan fingerprint density at radius 3 is 2.62 bits per heavy atom. The summed E-state index contributed by atoms with van der Waals surface area (Å²) in [5.41, 5.74) is 5.59. The molecule has 2 atom stereocenters. The molecule has 1 aromatic rings. The van der Waals surface area contributed by atoms with Gasteiger partial charge in [0.05, 0.1) is 4.92 Å². The lowest BCUT2D eigenvalue weighted by molar-refractivity contribution is -0.385. The van der Waals surface area contributed by atoms with E-state index in [0.717, 1.165) is 31.7 Å². The maximum atomic E-state index is 10.4. The topological polar surface area (TPSA) is 104 Å². The van der Waals surface area contributed by atoms with E-state index >= 15 is 0 Å². The molecule has 1 aliphatic carbocycles. The molecule has 0 radical (unpaired) electrons. The second-order valence-electron chi connectivity index (χ2n) is 3.79. The molecule has 7 heteroatoms. The van der Waals surface area contributed by atoms with Crippen molar-refractivity contribution < 1.29 is 9.66 Å². The van der Waals surface area contributed by atoms with Crippen molar-refractivity contribution in [3.63, 3.8) is 0 Å². The maximum Gasteiger partial charge on any atom is 0.317 e. The minimum absolute atomic E-state index is 0.0245. The number of nitrogens with two attached hydrogens (primary N) is 1. The minimum atomic E-state index is -0.546. The van der Waals surface area contributed by atoms with E-state index in [-0.39, 0.29) is 23.8 Å². The minimum Gasteiger partial charge on any atom is -0.460 e. The molecule has 1 saturated carbocycles. The summed E-state index contributed by atoms with van der Waals surface area (Å²) in [5.74, 6) is 0. The van der Waals surface area contributed by atoms with Gasteiger partial charge in [-0.25, -0.2) is 0 Å². The van der Waals surface area contributed by atoms with Gasteiger partial charge in [0.25, 0.3) is 0 Å². The van der Waals surface area contributed by atoms with Crippen molar-refractivity contribution in [2.75, 3.05) is 0 Å². The van der Waals surface area contributed by atoms with Crippen molar-refractivity contribution in [1.29, 1.82) is 0 Å². The van der Waals surface area contributed by atoms with Crippen LogP contribution in [-0.4, -0.2) is 27.0 Å². The molecule has 0 aromatic carbocycles. The first-order chi connectivity index (χ1) is 7.65. The fourth-order valence-electron chi connectivity index (χ4n) is 1.69. The van der Waals surface area contributed by atoms with Gasteiger partial charge in [-0.3, -0.25) is 10.1 Å². The molecule has 16 heavy (non-hydrogen) atoms. The van der Waals surface area contributed by atoms with Crippen LogP contribution in [0.15, 0.2) is 12.4 Å². The standard InChI is InChI=1S/C9H12N4O3/c10-6-1-2-8(3-6)16-9-11-4-7(5-12-9)13(14)15/h4-6,8H,1-3,10H2. The fourth-order valence-corrected chi connectivity index (χ4v) is 1.69. The summed E-state index contributed by atoms with van der Waals surface area (Å²) in [4.78, 5) is 17.4. The molecule has 1 aliphatic rings. The lowest BCUT2D eigenvalue weighted by atomic mass is 10.3. The highest BCUT2D eigenvalue weighted by Gasteiger charge is 2.24. The molecular weight excluding hydrogens is 212 g/mol. The number of aromatic nitrogens is 2. The van der Waals surface area contributed by atoms with Gasteiger partial charge in [-0.2, -0.15) is 9.97 Å². The maximum absolute atomic E-state index is 10.4. The van der Waals surface area contributed by atoms with Crippen molar-refractivity contribution >= 4 is 5.69 Å². The molecule has 0 saturated heterocycles. The SMILES string of the molecule is NC1CCC(Oc2ncc([N+](=O)[O-])cn2)C1. The Morgan fingerprint density at radius 1 is 1.44 bits per heavy atom. The third-order valence-electron chi connectivity index (χ3n) is 2.52. The monoisotopic (exact) mass is 224 g/mol. The van der Waals surface area contributed by atoms with Crippen molar-refractivity contribution in [3.05, 3.63) is 22.5 Å². The van der Waals surface area contributed by atoms with E-state index in [2.05, 4.69) is 9.97 Å². The first kappa shape index (κ1) is 10.7. The van der Waals surface area contributed by atoms with Gasteiger partial charge in [0.15, 0.2) is 0 Å². The Labute approximate surface area is 91.8 Å². The normalized spacial score (nSPS) is 24.3. The third-order valence-corrected chi connectivity index (χ3v) is 2.52. The molecule has 0 spiro atoms. The third kappa shape index (κ3) is 2.43. The lowest BCUT2D eigenvalue weighted by Gasteiger charge is -2.10. The highest BCUT2D eigenvalue weighted by molar-refractivity contribution is 5.21. The van der Waals surface area contributed by atoms with Crippen LogP contribution in [-0.2, 0) is 0 Å². The summed E-state index contributed by atoms with van der Waals surface area (Å²) < 4.78 is 5.46. The van der Waals surface area contributed by atoms with Crippen molar-refractivity contribution in [2.45, 2.75) is 31.4 Å². The Balaban J connectivity index is 1.97. The molecule has 86 valence electrons.